The Morgan fingerprint density at radius 2 is 2.13 bits per heavy atom. The van der Waals surface area contributed by atoms with Crippen LogP contribution >= 0.6 is 24.0 Å². The molecule has 2 rings (SSSR count). The molecule has 1 amide bonds. The molecule has 1 aromatic rings. The minimum atomic E-state index is 0. The van der Waals surface area contributed by atoms with Crippen LogP contribution in [-0.4, -0.2) is 44.0 Å². The SMILES string of the molecule is CNCC1CCCN(CC(=O)Nc2c(C)cc(C)cc2Cl)C1.Cl. The number of rotatable bonds is 5. The molecule has 0 spiro atoms. The Morgan fingerprint density at radius 1 is 1.39 bits per heavy atom. The van der Waals surface area contributed by atoms with Gasteiger partial charge < -0.3 is 10.6 Å². The van der Waals surface area contributed by atoms with Crippen LogP contribution in [0.3, 0.4) is 0 Å². The van der Waals surface area contributed by atoms with Crippen LogP contribution in [-0.2, 0) is 4.79 Å². The summed E-state index contributed by atoms with van der Waals surface area (Å²) in [6.45, 7) is 7.40. The van der Waals surface area contributed by atoms with Crippen LogP contribution in [0.15, 0.2) is 12.1 Å². The molecule has 130 valence electrons. The summed E-state index contributed by atoms with van der Waals surface area (Å²) >= 11 is 6.25. The van der Waals surface area contributed by atoms with E-state index in [1.54, 1.807) is 0 Å². The highest BCUT2D eigenvalue weighted by Gasteiger charge is 2.21. The first-order valence-electron chi connectivity index (χ1n) is 7.93. The van der Waals surface area contributed by atoms with E-state index in [1.807, 2.05) is 33.0 Å². The van der Waals surface area contributed by atoms with Crippen LogP contribution in [0.4, 0.5) is 5.69 Å². The minimum Gasteiger partial charge on any atom is -0.323 e. The normalized spacial score (nSPS) is 18.3. The fourth-order valence-electron chi connectivity index (χ4n) is 3.21. The summed E-state index contributed by atoms with van der Waals surface area (Å²) in [5, 5.41) is 6.81. The molecule has 0 aromatic heterocycles. The monoisotopic (exact) mass is 359 g/mol. The van der Waals surface area contributed by atoms with E-state index in [1.165, 1.54) is 6.42 Å². The van der Waals surface area contributed by atoms with Gasteiger partial charge in [0.1, 0.15) is 0 Å². The Labute approximate surface area is 150 Å². The van der Waals surface area contributed by atoms with E-state index in [9.17, 15) is 4.79 Å². The summed E-state index contributed by atoms with van der Waals surface area (Å²) in [5.74, 6) is 0.648. The van der Waals surface area contributed by atoms with Crippen molar-refractivity contribution < 1.29 is 4.79 Å². The second kappa shape index (κ2) is 9.48. The molecule has 0 saturated carbocycles. The molecule has 0 radical (unpaired) electrons. The van der Waals surface area contributed by atoms with Gasteiger partial charge in [0.25, 0.3) is 0 Å². The zero-order valence-electron chi connectivity index (χ0n) is 14.1. The van der Waals surface area contributed by atoms with Crippen LogP contribution in [0.5, 0.6) is 0 Å². The summed E-state index contributed by atoms with van der Waals surface area (Å²) in [4.78, 5) is 14.5. The molecule has 1 aliphatic rings. The number of likely N-dealkylation sites (tertiary alicyclic amines) is 1. The average molecular weight is 360 g/mol. The van der Waals surface area contributed by atoms with E-state index < -0.39 is 0 Å². The van der Waals surface area contributed by atoms with Gasteiger partial charge in [-0.05, 0) is 69.9 Å². The Bertz CT molecular complexity index is 512. The van der Waals surface area contributed by atoms with Crippen molar-refractivity contribution in [1.29, 1.82) is 0 Å². The molecule has 4 nitrogen and oxygen atoms in total. The lowest BCUT2D eigenvalue weighted by molar-refractivity contribution is -0.117. The number of carbonyl (C=O) groups excluding carboxylic acids is 1. The predicted octanol–water partition coefficient (Wildman–Crippen LogP) is 3.25. The van der Waals surface area contributed by atoms with E-state index >= 15 is 0 Å². The molecule has 1 heterocycles. The maximum Gasteiger partial charge on any atom is 0.238 e. The highest BCUT2D eigenvalue weighted by molar-refractivity contribution is 6.34. The topological polar surface area (TPSA) is 44.4 Å². The van der Waals surface area contributed by atoms with Crippen LogP contribution < -0.4 is 10.6 Å². The number of nitrogens with one attached hydrogen (secondary N) is 2. The molecule has 0 aliphatic carbocycles. The first-order valence-corrected chi connectivity index (χ1v) is 8.31. The van der Waals surface area contributed by atoms with Crippen LogP contribution in [0.1, 0.15) is 24.0 Å². The fraction of sp³-hybridized carbons (Fsp3) is 0.588. The zero-order valence-corrected chi connectivity index (χ0v) is 15.7. The van der Waals surface area contributed by atoms with Crippen LogP contribution in [0.25, 0.3) is 0 Å². The average Bonchev–Trinajstić information content (AvgIpc) is 2.43. The van der Waals surface area contributed by atoms with Crippen molar-refractivity contribution in [3.05, 3.63) is 28.3 Å². The molecule has 2 N–H and O–H groups in total. The van der Waals surface area contributed by atoms with E-state index in [0.717, 1.165) is 42.9 Å². The number of piperidine rings is 1. The van der Waals surface area contributed by atoms with Gasteiger partial charge in [0.15, 0.2) is 0 Å². The van der Waals surface area contributed by atoms with Crippen molar-refractivity contribution in [1.82, 2.24) is 10.2 Å². The smallest absolute Gasteiger partial charge is 0.238 e. The Balaban J connectivity index is 0.00000264. The number of carbonyl (C=O) groups is 1. The van der Waals surface area contributed by atoms with Gasteiger partial charge in [-0.3, -0.25) is 9.69 Å². The van der Waals surface area contributed by atoms with Crippen molar-refractivity contribution in [2.45, 2.75) is 26.7 Å². The fourth-order valence-corrected chi connectivity index (χ4v) is 3.57. The highest BCUT2D eigenvalue weighted by Crippen LogP contribution is 2.27. The van der Waals surface area contributed by atoms with Gasteiger partial charge in [-0.15, -0.1) is 12.4 Å². The number of nitrogens with zero attached hydrogens (tertiary/aromatic N) is 1. The number of amides is 1. The van der Waals surface area contributed by atoms with Crippen molar-refractivity contribution >= 4 is 35.6 Å². The van der Waals surface area contributed by atoms with Crippen molar-refractivity contribution in [2.24, 2.45) is 5.92 Å². The molecule has 1 atom stereocenters. The molecule has 0 bridgehead atoms. The molecular weight excluding hydrogens is 333 g/mol. The molecule has 1 saturated heterocycles. The molecular formula is C17H27Cl2N3O. The van der Waals surface area contributed by atoms with Crippen molar-refractivity contribution in [2.75, 3.05) is 38.5 Å². The molecule has 6 heteroatoms. The lowest BCUT2D eigenvalue weighted by Crippen LogP contribution is -2.42. The van der Waals surface area contributed by atoms with E-state index in [2.05, 4.69) is 15.5 Å². The first-order chi connectivity index (χ1) is 10.5. The third-order valence-corrected chi connectivity index (χ3v) is 4.46. The minimum absolute atomic E-state index is 0. The highest BCUT2D eigenvalue weighted by atomic mass is 35.5. The summed E-state index contributed by atoms with van der Waals surface area (Å²) in [6, 6.07) is 3.92. The lowest BCUT2D eigenvalue weighted by atomic mass is 9.98. The maximum absolute atomic E-state index is 12.3. The number of aryl methyl sites for hydroxylation is 2. The van der Waals surface area contributed by atoms with Gasteiger partial charge in [-0.2, -0.15) is 0 Å². The van der Waals surface area contributed by atoms with E-state index in [0.29, 0.717) is 17.5 Å². The van der Waals surface area contributed by atoms with E-state index in [4.69, 9.17) is 11.6 Å². The lowest BCUT2D eigenvalue weighted by Gasteiger charge is -2.32. The second-order valence-electron chi connectivity index (χ2n) is 6.29. The second-order valence-corrected chi connectivity index (χ2v) is 6.70. The van der Waals surface area contributed by atoms with Crippen LogP contribution in [0.2, 0.25) is 5.02 Å². The van der Waals surface area contributed by atoms with Crippen molar-refractivity contribution in [3.63, 3.8) is 0 Å². The first kappa shape index (κ1) is 20.2. The summed E-state index contributed by atoms with van der Waals surface area (Å²) < 4.78 is 0. The zero-order chi connectivity index (χ0) is 16.1. The Kier molecular flexibility index (Phi) is 8.34. The molecule has 1 aromatic carbocycles. The van der Waals surface area contributed by atoms with Gasteiger partial charge in [-0.25, -0.2) is 0 Å². The van der Waals surface area contributed by atoms with Gasteiger partial charge in [0.2, 0.25) is 5.91 Å². The van der Waals surface area contributed by atoms with Gasteiger partial charge >= 0.3 is 0 Å². The van der Waals surface area contributed by atoms with Crippen LogP contribution in [0, 0.1) is 19.8 Å². The molecule has 23 heavy (non-hydrogen) atoms. The maximum atomic E-state index is 12.3. The molecule has 1 fully saturated rings. The predicted molar refractivity (Wildman–Crippen MR) is 99.9 cm³/mol. The summed E-state index contributed by atoms with van der Waals surface area (Å²) in [6.07, 6.45) is 2.39. The number of hydrogen-bond acceptors (Lipinski definition) is 3. The number of anilines is 1. The third-order valence-electron chi connectivity index (χ3n) is 4.16. The van der Waals surface area contributed by atoms with E-state index in [-0.39, 0.29) is 18.3 Å². The number of halogens is 2. The summed E-state index contributed by atoms with van der Waals surface area (Å²) in [5.41, 5.74) is 2.84. The third kappa shape index (κ3) is 5.96. The largest absolute Gasteiger partial charge is 0.323 e. The van der Waals surface area contributed by atoms with Gasteiger partial charge in [-0.1, -0.05) is 17.7 Å². The Morgan fingerprint density at radius 3 is 2.78 bits per heavy atom. The quantitative estimate of drug-likeness (QED) is 0.847. The number of benzene rings is 1. The standard InChI is InChI=1S/C17H26ClN3O.ClH/c1-12-7-13(2)17(15(18)8-12)20-16(22)11-21-6-4-5-14(10-21)9-19-3;/h7-8,14,19H,4-6,9-11H2,1-3H3,(H,20,22);1H. The van der Waals surface area contributed by atoms with Gasteiger partial charge in [0.05, 0.1) is 17.3 Å². The Hall–Kier alpha value is -0.810. The molecule has 1 aliphatic heterocycles. The van der Waals surface area contributed by atoms with Gasteiger partial charge in [0, 0.05) is 6.54 Å². The van der Waals surface area contributed by atoms with Crippen molar-refractivity contribution in [3.8, 4) is 0 Å². The summed E-state index contributed by atoms with van der Waals surface area (Å²) in [7, 11) is 1.98. The molecule has 1 unspecified atom stereocenters. The number of hydrogen-bond donors (Lipinski definition) is 2.